The van der Waals surface area contributed by atoms with Crippen molar-refractivity contribution < 1.29 is 19.1 Å². The van der Waals surface area contributed by atoms with E-state index in [0.29, 0.717) is 12.3 Å². The fourth-order valence-corrected chi connectivity index (χ4v) is 4.52. The van der Waals surface area contributed by atoms with Crippen molar-refractivity contribution in [3.8, 4) is 0 Å². The van der Waals surface area contributed by atoms with Crippen molar-refractivity contribution in [2.45, 2.75) is 139 Å². The van der Waals surface area contributed by atoms with E-state index in [2.05, 4.69) is 24.5 Å². The Balaban J connectivity index is 3.78. The Labute approximate surface area is 237 Å². The highest BCUT2D eigenvalue weighted by molar-refractivity contribution is 5.93. The van der Waals surface area contributed by atoms with Crippen LogP contribution in [0.2, 0.25) is 0 Å². The van der Waals surface area contributed by atoms with E-state index in [1.807, 2.05) is 73.6 Å². The molecular formula is C32H55N3O4. The van der Waals surface area contributed by atoms with Gasteiger partial charge in [0.1, 0.15) is 17.7 Å². The standard InChI is InChI=1S/C32H55N3O4/c1-14-21(4)26(33-30(38)39-32(11,12)13)29(37)35(23(6)19-18-20(2)3)27(28(36)34-31(8,9)10)25-17-15-16-22(5)24(25)7/h15-17,20-21,23,26-27H,14,18-19H2,1-13H3,(H,33,38)(H,34,36). The number of hydrogen-bond donors (Lipinski definition) is 2. The van der Waals surface area contributed by atoms with Gasteiger partial charge in [0.15, 0.2) is 0 Å². The summed E-state index contributed by atoms with van der Waals surface area (Å²) in [6, 6.07) is 3.93. The summed E-state index contributed by atoms with van der Waals surface area (Å²) >= 11 is 0. The number of amides is 3. The van der Waals surface area contributed by atoms with Crippen LogP contribution in [0.4, 0.5) is 4.79 Å². The molecule has 0 aromatic heterocycles. The van der Waals surface area contributed by atoms with Crippen LogP contribution in [-0.2, 0) is 14.3 Å². The third-order valence-electron chi connectivity index (χ3n) is 7.01. The van der Waals surface area contributed by atoms with Gasteiger partial charge in [-0.05, 0) is 104 Å². The number of rotatable bonds is 11. The molecule has 222 valence electrons. The fourth-order valence-electron chi connectivity index (χ4n) is 4.52. The zero-order chi connectivity index (χ0) is 30.3. The SMILES string of the molecule is CCC(C)C(NC(=O)OC(C)(C)C)C(=O)N(C(C)CCC(C)C)C(C(=O)NC(C)(C)C)c1cccc(C)c1C. The third-order valence-corrected chi connectivity index (χ3v) is 7.01. The quantitative estimate of drug-likeness (QED) is 0.318. The smallest absolute Gasteiger partial charge is 0.408 e. The lowest BCUT2D eigenvalue weighted by Crippen LogP contribution is -2.58. The third kappa shape index (κ3) is 10.8. The second-order valence-corrected chi connectivity index (χ2v) is 13.5. The Morgan fingerprint density at radius 3 is 2.03 bits per heavy atom. The van der Waals surface area contributed by atoms with E-state index in [1.165, 1.54) is 0 Å². The molecule has 7 nitrogen and oxygen atoms in total. The molecule has 0 saturated heterocycles. The van der Waals surface area contributed by atoms with E-state index in [-0.39, 0.29) is 23.8 Å². The van der Waals surface area contributed by atoms with Crippen LogP contribution < -0.4 is 10.6 Å². The highest BCUT2D eigenvalue weighted by Crippen LogP contribution is 2.32. The maximum atomic E-state index is 14.6. The Morgan fingerprint density at radius 1 is 0.949 bits per heavy atom. The molecule has 4 atom stereocenters. The predicted molar refractivity (Wildman–Crippen MR) is 160 cm³/mol. The molecule has 0 aliphatic heterocycles. The number of benzene rings is 1. The molecule has 0 radical (unpaired) electrons. The summed E-state index contributed by atoms with van der Waals surface area (Å²) in [4.78, 5) is 43.3. The molecule has 0 fully saturated rings. The molecule has 0 saturated carbocycles. The van der Waals surface area contributed by atoms with Gasteiger partial charge >= 0.3 is 6.09 Å². The van der Waals surface area contributed by atoms with Crippen LogP contribution in [0, 0.1) is 25.7 Å². The Bertz CT molecular complexity index is 975. The van der Waals surface area contributed by atoms with E-state index < -0.39 is 29.3 Å². The zero-order valence-corrected chi connectivity index (χ0v) is 26.8. The maximum absolute atomic E-state index is 14.6. The number of aryl methyl sites for hydroxylation is 1. The Kier molecular flexibility index (Phi) is 12.5. The first-order chi connectivity index (χ1) is 17.8. The number of hydrogen-bond acceptors (Lipinski definition) is 4. The van der Waals surface area contributed by atoms with Gasteiger partial charge in [0.05, 0.1) is 0 Å². The van der Waals surface area contributed by atoms with Gasteiger partial charge in [-0.25, -0.2) is 4.79 Å². The van der Waals surface area contributed by atoms with Crippen molar-refractivity contribution in [2.75, 3.05) is 0 Å². The molecule has 0 aliphatic carbocycles. The molecule has 39 heavy (non-hydrogen) atoms. The predicted octanol–water partition coefficient (Wildman–Crippen LogP) is 6.85. The number of ether oxygens (including phenoxy) is 1. The number of alkyl carbamates (subject to hydrolysis) is 1. The monoisotopic (exact) mass is 545 g/mol. The molecule has 7 heteroatoms. The van der Waals surface area contributed by atoms with Gasteiger partial charge in [-0.2, -0.15) is 0 Å². The summed E-state index contributed by atoms with van der Waals surface area (Å²) in [6.07, 6.45) is 1.66. The van der Waals surface area contributed by atoms with Gasteiger partial charge in [0.25, 0.3) is 0 Å². The van der Waals surface area contributed by atoms with E-state index in [9.17, 15) is 14.4 Å². The lowest BCUT2D eigenvalue weighted by molar-refractivity contribution is -0.146. The first kappa shape index (κ1) is 34.5. The largest absolute Gasteiger partial charge is 0.444 e. The topological polar surface area (TPSA) is 87.7 Å². The Hall–Kier alpha value is -2.57. The summed E-state index contributed by atoms with van der Waals surface area (Å²) in [6.45, 7) is 25.4. The van der Waals surface area contributed by atoms with Gasteiger partial charge in [0, 0.05) is 11.6 Å². The summed E-state index contributed by atoms with van der Waals surface area (Å²) in [5.74, 6) is -0.241. The average Bonchev–Trinajstić information content (AvgIpc) is 2.78. The molecule has 1 aromatic rings. The van der Waals surface area contributed by atoms with Crippen molar-refractivity contribution >= 4 is 17.9 Å². The summed E-state index contributed by atoms with van der Waals surface area (Å²) in [5.41, 5.74) is 1.62. The van der Waals surface area contributed by atoms with E-state index in [1.54, 1.807) is 25.7 Å². The van der Waals surface area contributed by atoms with Gasteiger partial charge in [-0.1, -0.05) is 52.3 Å². The van der Waals surface area contributed by atoms with Crippen LogP contribution in [-0.4, -0.2) is 46.0 Å². The number of carbonyl (C=O) groups excluding carboxylic acids is 3. The van der Waals surface area contributed by atoms with Crippen LogP contribution >= 0.6 is 0 Å². The van der Waals surface area contributed by atoms with E-state index >= 15 is 0 Å². The fraction of sp³-hybridized carbons (Fsp3) is 0.719. The molecule has 4 unspecified atom stereocenters. The minimum Gasteiger partial charge on any atom is -0.444 e. The number of nitrogens with zero attached hydrogens (tertiary/aromatic N) is 1. The van der Waals surface area contributed by atoms with Gasteiger partial charge in [-0.3, -0.25) is 9.59 Å². The zero-order valence-electron chi connectivity index (χ0n) is 26.8. The first-order valence-electron chi connectivity index (χ1n) is 14.5. The molecule has 2 N–H and O–H groups in total. The lowest BCUT2D eigenvalue weighted by Gasteiger charge is -2.41. The average molecular weight is 546 g/mol. The summed E-state index contributed by atoms with van der Waals surface area (Å²) < 4.78 is 5.53. The molecule has 0 bridgehead atoms. The molecule has 0 aliphatic rings. The van der Waals surface area contributed by atoms with Crippen LogP contribution in [0.5, 0.6) is 0 Å². The highest BCUT2D eigenvalue weighted by Gasteiger charge is 2.41. The van der Waals surface area contributed by atoms with Crippen molar-refractivity contribution in [2.24, 2.45) is 11.8 Å². The van der Waals surface area contributed by atoms with Crippen LogP contribution in [0.25, 0.3) is 0 Å². The first-order valence-corrected chi connectivity index (χ1v) is 14.5. The number of nitrogens with one attached hydrogen (secondary N) is 2. The normalized spacial score (nSPS) is 15.2. The number of carbonyl (C=O) groups is 3. The van der Waals surface area contributed by atoms with Crippen molar-refractivity contribution in [1.82, 2.24) is 15.5 Å². The van der Waals surface area contributed by atoms with Crippen molar-refractivity contribution in [3.63, 3.8) is 0 Å². The van der Waals surface area contributed by atoms with Crippen LogP contribution in [0.3, 0.4) is 0 Å². The molecule has 0 spiro atoms. The van der Waals surface area contributed by atoms with Gasteiger partial charge < -0.3 is 20.3 Å². The van der Waals surface area contributed by atoms with E-state index in [0.717, 1.165) is 29.5 Å². The van der Waals surface area contributed by atoms with Gasteiger partial charge in [0.2, 0.25) is 11.8 Å². The minimum absolute atomic E-state index is 0.172. The van der Waals surface area contributed by atoms with Crippen molar-refractivity contribution in [3.05, 3.63) is 34.9 Å². The molecule has 3 amide bonds. The van der Waals surface area contributed by atoms with Crippen LogP contribution in [0.15, 0.2) is 18.2 Å². The molecule has 0 heterocycles. The summed E-state index contributed by atoms with van der Waals surface area (Å²) in [5, 5.41) is 5.99. The Morgan fingerprint density at radius 2 is 1.54 bits per heavy atom. The second kappa shape index (κ2) is 14.2. The minimum atomic E-state index is -0.856. The highest BCUT2D eigenvalue weighted by atomic mass is 16.6. The second-order valence-electron chi connectivity index (χ2n) is 13.5. The molecular weight excluding hydrogens is 490 g/mol. The van der Waals surface area contributed by atoms with E-state index in [4.69, 9.17) is 4.74 Å². The molecule has 1 rings (SSSR count). The van der Waals surface area contributed by atoms with Crippen molar-refractivity contribution in [1.29, 1.82) is 0 Å². The molecule has 1 aromatic carbocycles. The summed E-state index contributed by atoms with van der Waals surface area (Å²) in [7, 11) is 0. The van der Waals surface area contributed by atoms with Gasteiger partial charge in [-0.15, -0.1) is 0 Å². The lowest BCUT2D eigenvalue weighted by atomic mass is 9.90. The maximum Gasteiger partial charge on any atom is 0.408 e. The van der Waals surface area contributed by atoms with Crippen LogP contribution in [0.1, 0.15) is 118 Å².